The summed E-state index contributed by atoms with van der Waals surface area (Å²) in [7, 11) is 0. The summed E-state index contributed by atoms with van der Waals surface area (Å²) < 4.78 is 8.56. The smallest absolute Gasteiger partial charge is 0.135 e. The van der Waals surface area contributed by atoms with Crippen LogP contribution in [0.1, 0.15) is 0 Å². The average Bonchev–Trinajstić information content (AvgIpc) is 3.75. The van der Waals surface area contributed by atoms with Gasteiger partial charge < -0.3 is 8.98 Å². The molecule has 0 N–H and O–H groups in total. The Kier molecular flexibility index (Phi) is 6.28. The van der Waals surface area contributed by atoms with E-state index >= 15 is 0 Å². The van der Waals surface area contributed by atoms with Crippen LogP contribution in [0.15, 0.2) is 192 Å². The van der Waals surface area contributed by atoms with Gasteiger partial charge in [-0.05, 0) is 103 Å². The lowest BCUT2D eigenvalue weighted by Crippen LogP contribution is -1.95. The molecule has 0 saturated carbocycles. The van der Waals surface area contributed by atoms with Crippen molar-refractivity contribution in [3.05, 3.63) is 188 Å². The first-order valence-electron chi connectivity index (χ1n) is 17.8. The summed E-state index contributed by atoms with van der Waals surface area (Å²) in [5.74, 6) is 0. The zero-order valence-corrected chi connectivity index (χ0v) is 28.3. The zero-order chi connectivity index (χ0) is 34.2. The van der Waals surface area contributed by atoms with E-state index in [-0.39, 0.29) is 0 Å². The molecular weight excluding hydrogens is 631 g/mol. The van der Waals surface area contributed by atoms with Gasteiger partial charge in [0.05, 0.1) is 11.0 Å². The number of nitrogens with zero attached hydrogens (tertiary/aromatic N) is 1. The second-order valence-corrected chi connectivity index (χ2v) is 13.7. The Morgan fingerprint density at radius 2 is 0.808 bits per heavy atom. The summed E-state index contributed by atoms with van der Waals surface area (Å²) >= 11 is 0. The third-order valence-electron chi connectivity index (χ3n) is 10.8. The van der Waals surface area contributed by atoms with Gasteiger partial charge in [-0.15, -0.1) is 0 Å². The van der Waals surface area contributed by atoms with Gasteiger partial charge in [0.25, 0.3) is 0 Å². The molecule has 2 heterocycles. The third-order valence-corrected chi connectivity index (χ3v) is 10.8. The summed E-state index contributed by atoms with van der Waals surface area (Å²) in [4.78, 5) is 0. The quantitative estimate of drug-likeness (QED) is 0.172. The van der Waals surface area contributed by atoms with Gasteiger partial charge in [0.2, 0.25) is 0 Å². The number of aromatic nitrogens is 1. The van der Waals surface area contributed by atoms with Crippen molar-refractivity contribution in [3.63, 3.8) is 0 Å². The first-order chi connectivity index (χ1) is 25.8. The van der Waals surface area contributed by atoms with Crippen LogP contribution in [0, 0.1) is 0 Å². The lowest BCUT2D eigenvalue weighted by Gasteiger charge is -2.18. The number of fused-ring (bicyclic) bond motifs is 8. The highest BCUT2D eigenvalue weighted by Gasteiger charge is 2.18. The minimum Gasteiger partial charge on any atom is -0.456 e. The Hall–Kier alpha value is -6.90. The first kappa shape index (κ1) is 28.9. The summed E-state index contributed by atoms with van der Waals surface area (Å²) in [6.45, 7) is 0. The van der Waals surface area contributed by atoms with Gasteiger partial charge in [0.15, 0.2) is 0 Å². The minimum atomic E-state index is 0.915. The Balaban J connectivity index is 1.11. The maximum Gasteiger partial charge on any atom is 0.135 e. The molecule has 0 fully saturated rings. The summed E-state index contributed by atoms with van der Waals surface area (Å²) in [5.41, 5.74) is 12.7. The fraction of sp³-hybridized carbons (Fsp3) is 0. The molecule has 0 aliphatic rings. The van der Waals surface area contributed by atoms with E-state index in [0.29, 0.717) is 0 Å². The molecule has 9 aromatic carbocycles. The van der Waals surface area contributed by atoms with E-state index in [1.807, 2.05) is 12.1 Å². The van der Waals surface area contributed by atoms with Gasteiger partial charge in [-0.2, -0.15) is 0 Å². The summed E-state index contributed by atoms with van der Waals surface area (Å²) in [5, 5.41) is 9.80. The molecule has 0 saturated heterocycles. The SMILES string of the molecule is c1ccc(-c2c3ccccc3c(-c3cccc(-n4c5ccccc5c5cc(-c6ccc7oc8ccccc8c7c6)ccc54)c3)c3ccccc23)cc1. The first-order valence-corrected chi connectivity index (χ1v) is 17.8. The van der Waals surface area contributed by atoms with Crippen LogP contribution in [0.25, 0.3) is 104 Å². The lowest BCUT2D eigenvalue weighted by molar-refractivity contribution is 0.669. The van der Waals surface area contributed by atoms with Gasteiger partial charge in [-0.1, -0.05) is 140 Å². The molecule has 2 nitrogen and oxygen atoms in total. The van der Waals surface area contributed by atoms with Crippen molar-refractivity contribution >= 4 is 65.3 Å². The molecule has 0 atom stereocenters. The number of benzene rings is 9. The highest BCUT2D eigenvalue weighted by atomic mass is 16.3. The average molecular weight is 662 g/mol. The van der Waals surface area contributed by atoms with E-state index in [0.717, 1.165) is 27.6 Å². The van der Waals surface area contributed by atoms with Crippen molar-refractivity contribution in [1.82, 2.24) is 4.57 Å². The molecule has 0 radical (unpaired) electrons. The summed E-state index contributed by atoms with van der Waals surface area (Å²) in [6.07, 6.45) is 0. The number of hydrogen-bond donors (Lipinski definition) is 0. The van der Waals surface area contributed by atoms with E-state index in [1.54, 1.807) is 0 Å². The van der Waals surface area contributed by atoms with Crippen molar-refractivity contribution in [2.45, 2.75) is 0 Å². The molecule has 11 aromatic rings. The maximum absolute atomic E-state index is 6.14. The normalized spacial score (nSPS) is 11.8. The number of rotatable bonds is 4. The van der Waals surface area contributed by atoms with Crippen LogP contribution < -0.4 is 0 Å². The molecule has 0 spiro atoms. The third kappa shape index (κ3) is 4.31. The fourth-order valence-corrected chi connectivity index (χ4v) is 8.49. The van der Waals surface area contributed by atoms with Crippen LogP contribution in [-0.2, 0) is 0 Å². The van der Waals surface area contributed by atoms with Crippen molar-refractivity contribution < 1.29 is 4.42 Å². The fourth-order valence-electron chi connectivity index (χ4n) is 8.49. The molecular formula is C50H31NO. The highest BCUT2D eigenvalue weighted by molar-refractivity contribution is 6.21. The molecule has 0 unspecified atom stereocenters. The van der Waals surface area contributed by atoms with Crippen LogP contribution in [0.2, 0.25) is 0 Å². The predicted octanol–water partition coefficient (Wildman–Crippen LogP) is 14.0. The predicted molar refractivity (Wildman–Crippen MR) is 219 cm³/mol. The molecule has 11 rings (SSSR count). The highest BCUT2D eigenvalue weighted by Crippen LogP contribution is 2.44. The molecule has 0 bridgehead atoms. The molecule has 2 heteroatoms. The molecule has 0 aliphatic heterocycles. The monoisotopic (exact) mass is 661 g/mol. The van der Waals surface area contributed by atoms with Crippen molar-refractivity contribution in [2.75, 3.05) is 0 Å². The standard InChI is InChI=1S/C50H31NO/c1-2-13-32(14-3-1)49-39-19-4-6-21-41(39)50(42-22-7-5-20-40(42)49)35-15-12-16-36(29-35)51-45-23-10-8-17-37(45)43-30-33(25-27-46(43)51)34-26-28-48-44(31-34)38-18-9-11-24-47(38)52-48/h1-31H. The van der Waals surface area contributed by atoms with Crippen LogP contribution in [-0.4, -0.2) is 4.57 Å². The van der Waals surface area contributed by atoms with Gasteiger partial charge in [0, 0.05) is 27.2 Å². The van der Waals surface area contributed by atoms with Crippen molar-refractivity contribution in [1.29, 1.82) is 0 Å². The molecule has 52 heavy (non-hydrogen) atoms. The van der Waals surface area contributed by atoms with Gasteiger partial charge in [0.1, 0.15) is 11.2 Å². The van der Waals surface area contributed by atoms with Gasteiger partial charge >= 0.3 is 0 Å². The Morgan fingerprint density at radius 3 is 1.54 bits per heavy atom. The largest absolute Gasteiger partial charge is 0.456 e. The van der Waals surface area contributed by atoms with E-state index in [1.165, 1.54) is 76.7 Å². The van der Waals surface area contributed by atoms with E-state index in [4.69, 9.17) is 4.42 Å². The molecule has 2 aromatic heterocycles. The lowest BCUT2D eigenvalue weighted by atomic mass is 9.86. The Morgan fingerprint density at radius 1 is 0.288 bits per heavy atom. The Bertz CT molecular complexity index is 3120. The van der Waals surface area contributed by atoms with Gasteiger partial charge in [-0.25, -0.2) is 0 Å². The van der Waals surface area contributed by atoms with Gasteiger partial charge in [-0.3, -0.25) is 0 Å². The van der Waals surface area contributed by atoms with E-state index in [2.05, 4.69) is 180 Å². The molecule has 0 aliphatic carbocycles. The van der Waals surface area contributed by atoms with E-state index in [9.17, 15) is 0 Å². The number of hydrogen-bond acceptors (Lipinski definition) is 1. The topological polar surface area (TPSA) is 18.1 Å². The van der Waals surface area contributed by atoms with Crippen LogP contribution in [0.3, 0.4) is 0 Å². The van der Waals surface area contributed by atoms with Crippen molar-refractivity contribution in [3.8, 4) is 39.1 Å². The number of furan rings is 1. The maximum atomic E-state index is 6.14. The van der Waals surface area contributed by atoms with Crippen molar-refractivity contribution in [2.24, 2.45) is 0 Å². The summed E-state index contributed by atoms with van der Waals surface area (Å²) in [6, 6.07) is 68.1. The van der Waals surface area contributed by atoms with Crippen LogP contribution in [0.4, 0.5) is 0 Å². The number of para-hydroxylation sites is 2. The minimum absolute atomic E-state index is 0.915. The second-order valence-electron chi connectivity index (χ2n) is 13.7. The zero-order valence-electron chi connectivity index (χ0n) is 28.3. The van der Waals surface area contributed by atoms with Crippen LogP contribution >= 0.6 is 0 Å². The molecule has 242 valence electrons. The second kappa shape index (κ2) is 11.3. The molecule has 0 amide bonds. The Labute approximate surface area is 300 Å². The van der Waals surface area contributed by atoms with Crippen LogP contribution in [0.5, 0.6) is 0 Å². The van der Waals surface area contributed by atoms with E-state index < -0.39 is 0 Å².